The summed E-state index contributed by atoms with van der Waals surface area (Å²) in [5.41, 5.74) is 4.77. The summed E-state index contributed by atoms with van der Waals surface area (Å²) in [5.74, 6) is 0. The standard InChI is InChI=1S/C16H28N4/c1-13-6-5-7-14(2)20(13)17-12-15-10-11-19(18-15)16-8-3-4-9-16/h10-11,13-14,16-17H,3-9,12H2,1-2H3. The van der Waals surface area contributed by atoms with Gasteiger partial charge in [-0.2, -0.15) is 5.10 Å². The molecule has 0 spiro atoms. The predicted octanol–water partition coefficient (Wildman–Crippen LogP) is 3.27. The summed E-state index contributed by atoms with van der Waals surface area (Å²) in [5, 5.41) is 7.18. The van der Waals surface area contributed by atoms with Crippen molar-refractivity contribution in [2.45, 2.75) is 83.5 Å². The first-order valence-electron chi connectivity index (χ1n) is 8.30. The molecule has 0 amide bonds. The normalized spacial score (nSPS) is 29.1. The first-order chi connectivity index (χ1) is 9.74. The molecule has 1 aromatic rings. The van der Waals surface area contributed by atoms with E-state index in [1.165, 1.54) is 50.6 Å². The molecule has 1 saturated heterocycles. The maximum atomic E-state index is 4.75. The fourth-order valence-electron chi connectivity index (χ4n) is 3.75. The van der Waals surface area contributed by atoms with Crippen molar-refractivity contribution in [1.82, 2.24) is 20.2 Å². The van der Waals surface area contributed by atoms with Crippen LogP contribution in [0.4, 0.5) is 0 Å². The Morgan fingerprint density at radius 1 is 1.10 bits per heavy atom. The summed E-state index contributed by atoms with van der Waals surface area (Å²) in [4.78, 5) is 0. The largest absolute Gasteiger partial charge is 0.269 e. The van der Waals surface area contributed by atoms with Gasteiger partial charge >= 0.3 is 0 Å². The fraction of sp³-hybridized carbons (Fsp3) is 0.812. The summed E-state index contributed by atoms with van der Waals surface area (Å²) in [7, 11) is 0. The minimum atomic E-state index is 0.635. The van der Waals surface area contributed by atoms with E-state index in [4.69, 9.17) is 5.10 Å². The fourth-order valence-corrected chi connectivity index (χ4v) is 3.75. The zero-order chi connectivity index (χ0) is 13.9. The molecule has 1 saturated carbocycles. The van der Waals surface area contributed by atoms with Gasteiger partial charge in [0.15, 0.2) is 0 Å². The lowest BCUT2D eigenvalue weighted by atomic mass is 10.00. The highest BCUT2D eigenvalue weighted by molar-refractivity contribution is 5.00. The topological polar surface area (TPSA) is 33.1 Å². The van der Waals surface area contributed by atoms with Crippen LogP contribution in [-0.2, 0) is 6.54 Å². The van der Waals surface area contributed by atoms with Crippen molar-refractivity contribution >= 4 is 0 Å². The van der Waals surface area contributed by atoms with Gasteiger partial charge in [-0.15, -0.1) is 0 Å². The summed E-state index contributed by atoms with van der Waals surface area (Å²) >= 11 is 0. The molecule has 2 aliphatic rings. The van der Waals surface area contributed by atoms with Crippen molar-refractivity contribution in [3.8, 4) is 0 Å². The minimum Gasteiger partial charge on any atom is -0.269 e. The molecule has 0 radical (unpaired) electrons. The summed E-state index contributed by atoms with van der Waals surface area (Å²) in [6.45, 7) is 5.49. The lowest BCUT2D eigenvalue weighted by Crippen LogP contribution is -2.51. The number of hydrogen-bond donors (Lipinski definition) is 1. The Morgan fingerprint density at radius 2 is 1.80 bits per heavy atom. The Labute approximate surface area is 122 Å². The van der Waals surface area contributed by atoms with E-state index in [1.54, 1.807) is 0 Å². The summed E-state index contributed by atoms with van der Waals surface area (Å²) in [6, 6.07) is 4.09. The maximum absolute atomic E-state index is 4.75. The Balaban J connectivity index is 1.55. The lowest BCUT2D eigenvalue weighted by Gasteiger charge is -2.38. The average molecular weight is 276 g/mol. The average Bonchev–Trinajstić information content (AvgIpc) is 3.09. The molecule has 112 valence electrons. The van der Waals surface area contributed by atoms with Crippen molar-refractivity contribution in [1.29, 1.82) is 0 Å². The van der Waals surface area contributed by atoms with Crippen LogP contribution < -0.4 is 5.43 Å². The number of piperidine rings is 1. The van der Waals surface area contributed by atoms with E-state index in [1.807, 2.05) is 0 Å². The van der Waals surface area contributed by atoms with E-state index in [0.717, 1.165) is 6.54 Å². The first-order valence-corrected chi connectivity index (χ1v) is 8.30. The van der Waals surface area contributed by atoms with Crippen LogP contribution in [-0.4, -0.2) is 26.9 Å². The van der Waals surface area contributed by atoms with Gasteiger partial charge in [-0.25, -0.2) is 10.4 Å². The van der Waals surface area contributed by atoms with E-state index in [-0.39, 0.29) is 0 Å². The second-order valence-corrected chi connectivity index (χ2v) is 6.60. The van der Waals surface area contributed by atoms with Crippen LogP contribution in [0.2, 0.25) is 0 Å². The highest BCUT2D eigenvalue weighted by atomic mass is 15.5. The van der Waals surface area contributed by atoms with Crippen molar-refractivity contribution in [2.24, 2.45) is 0 Å². The molecule has 2 atom stereocenters. The van der Waals surface area contributed by atoms with E-state index >= 15 is 0 Å². The van der Waals surface area contributed by atoms with Gasteiger partial charge in [0.25, 0.3) is 0 Å². The van der Waals surface area contributed by atoms with Crippen molar-refractivity contribution in [2.75, 3.05) is 0 Å². The molecular weight excluding hydrogens is 248 g/mol. The van der Waals surface area contributed by atoms with Gasteiger partial charge in [-0.05, 0) is 45.6 Å². The Hall–Kier alpha value is -0.870. The third-order valence-electron chi connectivity index (χ3n) is 5.00. The molecule has 4 heteroatoms. The van der Waals surface area contributed by atoms with Crippen molar-refractivity contribution < 1.29 is 0 Å². The van der Waals surface area contributed by atoms with E-state index in [2.05, 4.69) is 41.2 Å². The molecule has 4 nitrogen and oxygen atoms in total. The number of hydrogen-bond acceptors (Lipinski definition) is 3. The van der Waals surface area contributed by atoms with E-state index in [0.29, 0.717) is 18.1 Å². The molecular formula is C16H28N4. The monoisotopic (exact) mass is 276 g/mol. The molecule has 0 aromatic carbocycles. The van der Waals surface area contributed by atoms with Crippen LogP contribution in [0.25, 0.3) is 0 Å². The summed E-state index contributed by atoms with van der Waals surface area (Å²) in [6.07, 6.45) is 11.4. The quantitative estimate of drug-likeness (QED) is 0.916. The molecule has 1 aromatic heterocycles. The lowest BCUT2D eigenvalue weighted by molar-refractivity contribution is 0.0430. The molecule has 20 heavy (non-hydrogen) atoms. The van der Waals surface area contributed by atoms with Gasteiger partial charge < -0.3 is 0 Å². The third-order valence-corrected chi connectivity index (χ3v) is 5.00. The number of rotatable bonds is 4. The van der Waals surface area contributed by atoms with Gasteiger partial charge in [0.2, 0.25) is 0 Å². The maximum Gasteiger partial charge on any atom is 0.0776 e. The molecule has 1 N–H and O–H groups in total. The van der Waals surface area contributed by atoms with E-state index < -0.39 is 0 Å². The van der Waals surface area contributed by atoms with Crippen LogP contribution in [0.5, 0.6) is 0 Å². The molecule has 2 fully saturated rings. The Bertz CT molecular complexity index is 412. The molecule has 3 rings (SSSR count). The van der Waals surface area contributed by atoms with Crippen molar-refractivity contribution in [3.05, 3.63) is 18.0 Å². The zero-order valence-electron chi connectivity index (χ0n) is 12.9. The van der Waals surface area contributed by atoms with Gasteiger partial charge in [0.05, 0.1) is 18.3 Å². The zero-order valence-corrected chi connectivity index (χ0v) is 12.9. The third kappa shape index (κ3) is 3.07. The van der Waals surface area contributed by atoms with E-state index in [9.17, 15) is 0 Å². The molecule has 2 heterocycles. The van der Waals surface area contributed by atoms with Crippen LogP contribution in [0.15, 0.2) is 12.3 Å². The number of hydrazine groups is 1. The van der Waals surface area contributed by atoms with Crippen molar-refractivity contribution in [3.63, 3.8) is 0 Å². The van der Waals surface area contributed by atoms with Gasteiger partial charge in [0, 0.05) is 18.3 Å². The molecule has 0 bridgehead atoms. The van der Waals surface area contributed by atoms with Gasteiger partial charge in [-0.1, -0.05) is 19.3 Å². The van der Waals surface area contributed by atoms with Gasteiger partial charge in [-0.3, -0.25) is 4.68 Å². The summed E-state index contributed by atoms with van der Waals surface area (Å²) < 4.78 is 2.19. The second-order valence-electron chi connectivity index (χ2n) is 6.60. The Morgan fingerprint density at radius 3 is 2.50 bits per heavy atom. The van der Waals surface area contributed by atoms with Crippen LogP contribution in [0, 0.1) is 0 Å². The van der Waals surface area contributed by atoms with Gasteiger partial charge in [0.1, 0.15) is 0 Å². The van der Waals surface area contributed by atoms with Crippen LogP contribution in [0.1, 0.15) is 70.5 Å². The molecule has 2 unspecified atom stereocenters. The predicted molar refractivity (Wildman–Crippen MR) is 81.2 cm³/mol. The molecule has 1 aliphatic heterocycles. The highest BCUT2D eigenvalue weighted by Crippen LogP contribution is 2.28. The number of nitrogens with one attached hydrogen (secondary N) is 1. The van der Waals surface area contributed by atoms with Crippen LogP contribution in [0.3, 0.4) is 0 Å². The smallest absolute Gasteiger partial charge is 0.0776 e. The minimum absolute atomic E-state index is 0.635. The number of aromatic nitrogens is 2. The van der Waals surface area contributed by atoms with Crippen LogP contribution >= 0.6 is 0 Å². The SMILES string of the molecule is CC1CCCC(C)N1NCc1ccn(C2CCCC2)n1. The Kier molecular flexibility index (Phi) is 4.41. The number of nitrogens with zero attached hydrogens (tertiary/aromatic N) is 3. The first kappa shape index (κ1) is 14.1. The highest BCUT2D eigenvalue weighted by Gasteiger charge is 2.24. The second kappa shape index (κ2) is 6.27. The molecule has 1 aliphatic carbocycles.